The van der Waals surface area contributed by atoms with E-state index in [1.54, 1.807) is 49.6 Å². The van der Waals surface area contributed by atoms with E-state index in [9.17, 15) is 0 Å². The molecule has 9 heterocycles. The van der Waals surface area contributed by atoms with Crippen LogP contribution in [0, 0.1) is 47.4 Å². The number of nitrogens with zero attached hydrogens (tertiary/aromatic N) is 6. The van der Waals surface area contributed by atoms with E-state index in [0.717, 1.165) is 134 Å². The molecule has 7 aromatic heterocycles. The van der Waals surface area contributed by atoms with Crippen LogP contribution in [0.25, 0.3) is 90.9 Å². The number of nitrogens with one attached hydrogen (secondary N) is 2. The molecular weight excluding hydrogens is 977 g/mol. The van der Waals surface area contributed by atoms with Gasteiger partial charge in [-0.25, -0.2) is 9.97 Å². The minimum absolute atomic E-state index is 0.798. The number of hydrogen-bond donors (Lipinski definition) is 2. The maximum atomic E-state index is 5.54. The van der Waals surface area contributed by atoms with Gasteiger partial charge >= 0.3 is 0 Å². The molecular formula is C72H42N8. The van der Waals surface area contributed by atoms with E-state index in [1.165, 1.54) is 0 Å². The minimum atomic E-state index is 0.798. The molecule has 0 fully saturated rings. The van der Waals surface area contributed by atoms with Gasteiger partial charge in [0.1, 0.15) is 0 Å². The van der Waals surface area contributed by atoms with Crippen LogP contribution >= 0.6 is 0 Å². The number of H-pyrrole nitrogens is 2. The van der Waals surface area contributed by atoms with Crippen molar-refractivity contribution in [1.82, 2.24) is 39.9 Å². The summed E-state index contributed by atoms with van der Waals surface area (Å²) in [7, 11) is 0. The van der Waals surface area contributed by atoms with Crippen LogP contribution < -0.4 is 0 Å². The first-order valence-electron chi connectivity index (χ1n) is 25.9. The molecule has 0 atom stereocenters. The number of rotatable bonds is 4. The molecule has 0 saturated heterocycles. The van der Waals surface area contributed by atoms with Crippen LogP contribution in [0.15, 0.2) is 219 Å². The van der Waals surface area contributed by atoms with Crippen LogP contribution in [0.1, 0.15) is 67.3 Å². The van der Waals surface area contributed by atoms with Crippen LogP contribution in [0.2, 0.25) is 0 Å². The van der Waals surface area contributed by atoms with Gasteiger partial charge in [-0.15, -0.1) is 0 Å². The summed E-state index contributed by atoms with van der Waals surface area (Å²) in [5.74, 6) is 26.4. The van der Waals surface area contributed by atoms with E-state index in [2.05, 4.69) is 223 Å². The highest BCUT2D eigenvalue weighted by Gasteiger charge is 2.19. The standard InChI is InChI=1S/C72H42N8/c1(5-53-33-41-73-42-34-53)49-9-17-57(18-10-49)69-61-25-27-63(77-61)70(58-19-11-50(12-20-58)2-6-54-35-43-74-44-36-54)65-29-31-67(79-65)72(60-23-15-52(16-24-60)4-8-56-39-47-76-48-40-56)68-32-30-66(80-68)71(64-28-26-62(69)78-64)59-21-13-51(14-22-59)3-7-55-37-45-75-46-38-55/h9-48,77,80H. The topological polar surface area (TPSA) is 109 Å². The second-order valence-electron chi connectivity index (χ2n) is 18.8. The molecule has 8 heteroatoms. The van der Waals surface area contributed by atoms with Gasteiger partial charge in [-0.1, -0.05) is 95.9 Å². The summed E-state index contributed by atoms with van der Waals surface area (Å²) in [5.41, 5.74) is 21.5. The van der Waals surface area contributed by atoms with Crippen molar-refractivity contribution in [1.29, 1.82) is 0 Å². The fourth-order valence-corrected chi connectivity index (χ4v) is 9.62. The van der Waals surface area contributed by atoms with Crippen molar-refractivity contribution in [2.45, 2.75) is 0 Å². The Labute approximate surface area is 462 Å². The Morgan fingerprint density at radius 1 is 0.212 bits per heavy atom. The van der Waals surface area contributed by atoms with Gasteiger partial charge in [-0.2, -0.15) is 0 Å². The molecule has 2 aliphatic rings. The lowest BCUT2D eigenvalue weighted by molar-refractivity contribution is 1.31. The van der Waals surface area contributed by atoms with Crippen molar-refractivity contribution in [3.8, 4) is 91.9 Å². The Morgan fingerprint density at radius 3 is 0.600 bits per heavy atom. The normalized spacial score (nSPS) is 11.0. The van der Waals surface area contributed by atoms with Gasteiger partial charge in [0.05, 0.1) is 22.8 Å². The summed E-state index contributed by atoms with van der Waals surface area (Å²) >= 11 is 0. The molecule has 2 aliphatic heterocycles. The highest BCUT2D eigenvalue weighted by Crippen LogP contribution is 2.39. The van der Waals surface area contributed by atoms with Gasteiger partial charge in [0, 0.05) is 138 Å². The van der Waals surface area contributed by atoms with Crippen LogP contribution in [0.4, 0.5) is 0 Å². The quantitative estimate of drug-likeness (QED) is 0.170. The zero-order chi connectivity index (χ0) is 53.5. The molecule has 8 nitrogen and oxygen atoms in total. The molecule has 370 valence electrons. The smallest absolute Gasteiger partial charge is 0.0737 e. The third-order valence-corrected chi connectivity index (χ3v) is 13.6. The largest absolute Gasteiger partial charge is 0.354 e. The fraction of sp³-hybridized carbons (Fsp3) is 0. The maximum absolute atomic E-state index is 5.54. The van der Waals surface area contributed by atoms with Crippen molar-refractivity contribution in [2.24, 2.45) is 0 Å². The van der Waals surface area contributed by atoms with Crippen molar-refractivity contribution in [3.05, 3.63) is 287 Å². The Morgan fingerprint density at radius 2 is 0.400 bits per heavy atom. The molecule has 0 spiro atoms. The Balaban J connectivity index is 1.04. The molecule has 8 bridgehead atoms. The predicted octanol–water partition coefficient (Wildman–Crippen LogP) is 14.5. The first-order chi connectivity index (χ1) is 39.6. The lowest BCUT2D eigenvalue weighted by atomic mass is 10.0. The number of fused-ring (bicyclic) bond motifs is 8. The number of hydrogen-bond acceptors (Lipinski definition) is 6. The lowest BCUT2D eigenvalue weighted by Gasteiger charge is -2.07. The predicted molar refractivity (Wildman–Crippen MR) is 321 cm³/mol. The third kappa shape index (κ3) is 10.5. The molecule has 0 unspecified atom stereocenters. The molecule has 4 aromatic carbocycles. The molecule has 80 heavy (non-hydrogen) atoms. The van der Waals surface area contributed by atoms with Gasteiger partial charge in [-0.3, -0.25) is 19.9 Å². The molecule has 0 saturated carbocycles. The molecule has 11 aromatic rings. The minimum Gasteiger partial charge on any atom is -0.354 e. The number of aromatic nitrogens is 8. The van der Waals surface area contributed by atoms with Gasteiger partial charge in [0.25, 0.3) is 0 Å². The average Bonchev–Trinajstić information content (AvgIpc) is 4.42. The lowest BCUT2D eigenvalue weighted by Crippen LogP contribution is -1.90. The van der Waals surface area contributed by atoms with E-state index in [-0.39, 0.29) is 0 Å². The van der Waals surface area contributed by atoms with Gasteiger partial charge in [0.2, 0.25) is 0 Å². The van der Waals surface area contributed by atoms with Crippen LogP contribution in [-0.4, -0.2) is 39.9 Å². The van der Waals surface area contributed by atoms with E-state index in [0.29, 0.717) is 0 Å². The molecule has 0 radical (unpaired) electrons. The highest BCUT2D eigenvalue weighted by molar-refractivity contribution is 6.00. The van der Waals surface area contributed by atoms with Crippen LogP contribution in [0.3, 0.4) is 0 Å². The van der Waals surface area contributed by atoms with Crippen molar-refractivity contribution >= 4 is 46.4 Å². The summed E-state index contributed by atoms with van der Waals surface area (Å²) in [6.07, 6.45) is 22.4. The highest BCUT2D eigenvalue weighted by atomic mass is 14.8. The zero-order valence-electron chi connectivity index (χ0n) is 42.8. The Kier molecular flexibility index (Phi) is 13.1. The first-order valence-corrected chi connectivity index (χ1v) is 25.9. The monoisotopic (exact) mass is 1020 g/mol. The molecule has 0 amide bonds. The van der Waals surface area contributed by atoms with Crippen molar-refractivity contribution in [2.75, 3.05) is 0 Å². The average molecular weight is 1020 g/mol. The van der Waals surface area contributed by atoms with E-state index in [4.69, 9.17) is 9.97 Å². The molecule has 13 rings (SSSR count). The second kappa shape index (κ2) is 21.9. The second-order valence-corrected chi connectivity index (χ2v) is 18.8. The number of pyridine rings is 4. The number of aromatic amines is 2. The zero-order valence-corrected chi connectivity index (χ0v) is 42.8. The SMILES string of the molecule is C(#Cc1ccc(-c2c3nc(c(-c4ccc(C#Cc5ccncc5)cc4)c4ccc([nH]4)c(-c4ccc(C#Cc5ccncc5)cc4)c4nc(c(-c5ccc(C#Cc6ccncc6)cc5)c5ccc2[nH]5)C=C4)C=C3)cc1)c1ccncc1. The van der Waals surface area contributed by atoms with Gasteiger partial charge in [0.15, 0.2) is 0 Å². The molecule has 2 N–H and O–H groups in total. The first kappa shape index (κ1) is 48.0. The summed E-state index contributed by atoms with van der Waals surface area (Å²) < 4.78 is 0. The Bertz CT molecular complexity index is 4050. The van der Waals surface area contributed by atoms with E-state index < -0.39 is 0 Å². The Hall–Kier alpha value is -11.7. The van der Waals surface area contributed by atoms with E-state index in [1.807, 2.05) is 48.5 Å². The fourth-order valence-electron chi connectivity index (χ4n) is 9.62. The number of benzene rings is 4. The summed E-state index contributed by atoms with van der Waals surface area (Å²) in [6.45, 7) is 0. The van der Waals surface area contributed by atoms with Gasteiger partial charge in [-0.05, 0) is 168 Å². The summed E-state index contributed by atoms with van der Waals surface area (Å²) in [4.78, 5) is 35.4. The van der Waals surface area contributed by atoms with Crippen LogP contribution in [0.5, 0.6) is 0 Å². The maximum Gasteiger partial charge on any atom is 0.0737 e. The van der Waals surface area contributed by atoms with E-state index >= 15 is 0 Å². The summed E-state index contributed by atoms with van der Waals surface area (Å²) in [6, 6.07) is 57.2. The molecule has 0 aliphatic carbocycles. The summed E-state index contributed by atoms with van der Waals surface area (Å²) in [5, 5.41) is 0. The third-order valence-electron chi connectivity index (χ3n) is 13.6. The van der Waals surface area contributed by atoms with Crippen LogP contribution in [-0.2, 0) is 0 Å². The van der Waals surface area contributed by atoms with Crippen molar-refractivity contribution in [3.63, 3.8) is 0 Å². The van der Waals surface area contributed by atoms with Gasteiger partial charge < -0.3 is 9.97 Å². The van der Waals surface area contributed by atoms with Crippen molar-refractivity contribution < 1.29 is 0 Å².